The SMILES string of the molecule is OCC(COc1ccc(O)cc1)c1ccc(F)cc1. The summed E-state index contributed by atoms with van der Waals surface area (Å²) < 4.78 is 18.4. The van der Waals surface area contributed by atoms with Crippen molar-refractivity contribution in [2.24, 2.45) is 0 Å². The van der Waals surface area contributed by atoms with Crippen LogP contribution >= 0.6 is 0 Å². The van der Waals surface area contributed by atoms with Crippen molar-refractivity contribution in [3.8, 4) is 11.5 Å². The predicted molar refractivity (Wildman–Crippen MR) is 69.8 cm³/mol. The minimum atomic E-state index is -0.306. The van der Waals surface area contributed by atoms with Crippen LogP contribution in [0.5, 0.6) is 11.5 Å². The molecular formula is C15H15FO3. The molecule has 1 atom stereocenters. The molecule has 0 bridgehead atoms. The maximum absolute atomic E-state index is 12.8. The maximum atomic E-state index is 12.8. The van der Waals surface area contributed by atoms with Gasteiger partial charge in [-0.3, -0.25) is 0 Å². The third-order valence-corrected chi connectivity index (χ3v) is 2.85. The van der Waals surface area contributed by atoms with E-state index < -0.39 is 0 Å². The summed E-state index contributed by atoms with van der Waals surface area (Å²) in [5, 5.41) is 18.5. The summed E-state index contributed by atoms with van der Waals surface area (Å²) in [6, 6.07) is 12.3. The topological polar surface area (TPSA) is 49.7 Å². The molecule has 2 aromatic rings. The van der Waals surface area contributed by atoms with E-state index in [4.69, 9.17) is 9.84 Å². The normalized spacial score (nSPS) is 12.1. The average molecular weight is 262 g/mol. The first-order chi connectivity index (χ1) is 9.19. The molecule has 19 heavy (non-hydrogen) atoms. The van der Waals surface area contributed by atoms with E-state index in [2.05, 4.69) is 0 Å². The van der Waals surface area contributed by atoms with Crippen molar-refractivity contribution >= 4 is 0 Å². The zero-order valence-electron chi connectivity index (χ0n) is 10.3. The molecule has 0 radical (unpaired) electrons. The molecule has 0 spiro atoms. The number of aromatic hydroxyl groups is 1. The van der Waals surface area contributed by atoms with Gasteiger partial charge in [0.1, 0.15) is 17.3 Å². The molecule has 0 aromatic heterocycles. The third kappa shape index (κ3) is 3.69. The molecule has 100 valence electrons. The summed E-state index contributed by atoms with van der Waals surface area (Å²) in [6.45, 7) is 0.205. The molecule has 0 saturated heterocycles. The molecule has 4 heteroatoms. The Balaban J connectivity index is 1.99. The highest BCUT2D eigenvalue weighted by Crippen LogP contribution is 2.20. The van der Waals surface area contributed by atoms with Crippen molar-refractivity contribution in [1.82, 2.24) is 0 Å². The second-order valence-electron chi connectivity index (χ2n) is 4.24. The van der Waals surface area contributed by atoms with Gasteiger partial charge in [-0.2, -0.15) is 0 Å². The lowest BCUT2D eigenvalue weighted by Crippen LogP contribution is -2.14. The first-order valence-electron chi connectivity index (χ1n) is 5.97. The monoisotopic (exact) mass is 262 g/mol. The number of phenolic OH excluding ortho intramolecular Hbond substituents is 1. The van der Waals surface area contributed by atoms with Gasteiger partial charge in [0, 0.05) is 5.92 Å². The van der Waals surface area contributed by atoms with Crippen molar-refractivity contribution in [3.63, 3.8) is 0 Å². The third-order valence-electron chi connectivity index (χ3n) is 2.85. The fourth-order valence-corrected chi connectivity index (χ4v) is 1.73. The van der Waals surface area contributed by atoms with Crippen LogP contribution < -0.4 is 4.74 Å². The van der Waals surface area contributed by atoms with Gasteiger partial charge in [0.25, 0.3) is 0 Å². The summed E-state index contributed by atoms with van der Waals surface area (Å²) in [5.41, 5.74) is 0.822. The van der Waals surface area contributed by atoms with Crippen LogP contribution in [0, 0.1) is 5.82 Å². The number of benzene rings is 2. The van der Waals surface area contributed by atoms with Gasteiger partial charge >= 0.3 is 0 Å². The smallest absolute Gasteiger partial charge is 0.123 e. The molecule has 1 unspecified atom stereocenters. The van der Waals surface area contributed by atoms with Gasteiger partial charge < -0.3 is 14.9 Å². The second kappa shape index (κ2) is 6.20. The zero-order valence-corrected chi connectivity index (χ0v) is 10.3. The van der Waals surface area contributed by atoms with Crippen LogP contribution in [0.2, 0.25) is 0 Å². The number of phenols is 1. The van der Waals surface area contributed by atoms with Gasteiger partial charge in [0.2, 0.25) is 0 Å². The summed E-state index contributed by atoms with van der Waals surface area (Å²) in [4.78, 5) is 0. The summed E-state index contributed by atoms with van der Waals surface area (Å²) in [5.74, 6) is 0.261. The Kier molecular flexibility index (Phi) is 4.36. The Morgan fingerprint density at radius 1 is 1.00 bits per heavy atom. The van der Waals surface area contributed by atoms with Crippen LogP contribution in [0.4, 0.5) is 4.39 Å². The molecule has 2 aromatic carbocycles. The van der Waals surface area contributed by atoms with Gasteiger partial charge in [0.05, 0.1) is 13.2 Å². The van der Waals surface area contributed by atoms with E-state index in [1.54, 1.807) is 24.3 Å². The molecule has 0 aliphatic rings. The molecular weight excluding hydrogens is 247 g/mol. The van der Waals surface area contributed by atoms with Crippen molar-refractivity contribution < 1.29 is 19.3 Å². The number of rotatable bonds is 5. The molecule has 3 nitrogen and oxygen atoms in total. The second-order valence-corrected chi connectivity index (χ2v) is 4.24. The summed E-state index contributed by atoms with van der Waals surface area (Å²) in [6.07, 6.45) is 0. The standard InChI is InChI=1S/C15H15FO3/c16-13-3-1-11(2-4-13)12(9-17)10-19-15-7-5-14(18)6-8-15/h1-8,12,17-18H,9-10H2. The van der Waals surface area contributed by atoms with E-state index >= 15 is 0 Å². The van der Waals surface area contributed by atoms with Crippen molar-refractivity contribution in [3.05, 3.63) is 59.9 Å². The molecule has 0 aliphatic carbocycles. The Morgan fingerprint density at radius 3 is 2.21 bits per heavy atom. The molecule has 0 fully saturated rings. The Labute approximate surface area is 110 Å². The number of aliphatic hydroxyl groups excluding tert-OH is 1. The molecule has 0 amide bonds. The van der Waals surface area contributed by atoms with E-state index in [-0.39, 0.29) is 30.7 Å². The van der Waals surface area contributed by atoms with Gasteiger partial charge in [-0.1, -0.05) is 12.1 Å². The molecule has 2 N–H and O–H groups in total. The molecule has 0 saturated carbocycles. The van der Waals surface area contributed by atoms with Crippen molar-refractivity contribution in [2.45, 2.75) is 5.92 Å². The minimum Gasteiger partial charge on any atom is -0.508 e. The largest absolute Gasteiger partial charge is 0.508 e. The van der Waals surface area contributed by atoms with Gasteiger partial charge in [0.15, 0.2) is 0 Å². The lowest BCUT2D eigenvalue weighted by Gasteiger charge is -2.15. The fourth-order valence-electron chi connectivity index (χ4n) is 1.73. The van der Waals surface area contributed by atoms with Crippen LogP contribution in [-0.4, -0.2) is 23.4 Å². The van der Waals surface area contributed by atoms with E-state index in [9.17, 15) is 9.50 Å². The summed E-state index contributed by atoms with van der Waals surface area (Å²) in [7, 11) is 0. The van der Waals surface area contributed by atoms with E-state index in [1.807, 2.05) is 0 Å². The van der Waals surface area contributed by atoms with Crippen molar-refractivity contribution in [2.75, 3.05) is 13.2 Å². The number of ether oxygens (including phenoxy) is 1. The highest BCUT2D eigenvalue weighted by Gasteiger charge is 2.11. The average Bonchev–Trinajstić information content (AvgIpc) is 2.43. The Morgan fingerprint density at radius 2 is 1.63 bits per heavy atom. The lowest BCUT2D eigenvalue weighted by atomic mass is 10.0. The van der Waals surface area contributed by atoms with Gasteiger partial charge in [-0.05, 0) is 42.0 Å². The van der Waals surface area contributed by atoms with E-state index in [1.165, 1.54) is 24.3 Å². The molecule has 0 aliphatic heterocycles. The quantitative estimate of drug-likeness (QED) is 0.871. The van der Waals surface area contributed by atoms with Crippen LogP contribution in [0.1, 0.15) is 11.5 Å². The first-order valence-corrected chi connectivity index (χ1v) is 5.97. The fraction of sp³-hybridized carbons (Fsp3) is 0.200. The highest BCUT2D eigenvalue weighted by molar-refractivity contribution is 5.30. The molecule has 0 heterocycles. The maximum Gasteiger partial charge on any atom is 0.123 e. The lowest BCUT2D eigenvalue weighted by molar-refractivity contribution is 0.205. The number of halogens is 1. The number of hydrogen-bond acceptors (Lipinski definition) is 3. The van der Waals surface area contributed by atoms with Crippen LogP contribution in [0.25, 0.3) is 0 Å². The van der Waals surface area contributed by atoms with Gasteiger partial charge in [-0.15, -0.1) is 0 Å². The highest BCUT2D eigenvalue weighted by atomic mass is 19.1. The summed E-state index contributed by atoms with van der Waals surface area (Å²) >= 11 is 0. The Hall–Kier alpha value is -2.07. The van der Waals surface area contributed by atoms with E-state index in [0.717, 1.165) is 5.56 Å². The van der Waals surface area contributed by atoms with Crippen LogP contribution in [-0.2, 0) is 0 Å². The van der Waals surface area contributed by atoms with Gasteiger partial charge in [-0.25, -0.2) is 4.39 Å². The predicted octanol–water partition coefficient (Wildman–Crippen LogP) is 2.69. The molecule has 2 rings (SSSR count). The Bertz CT molecular complexity index is 508. The zero-order chi connectivity index (χ0) is 13.7. The van der Waals surface area contributed by atoms with Crippen LogP contribution in [0.3, 0.4) is 0 Å². The first kappa shape index (κ1) is 13.4. The van der Waals surface area contributed by atoms with E-state index in [0.29, 0.717) is 5.75 Å². The number of hydrogen-bond donors (Lipinski definition) is 2. The minimum absolute atomic E-state index is 0.0796. The van der Waals surface area contributed by atoms with Crippen molar-refractivity contribution in [1.29, 1.82) is 0 Å². The number of aliphatic hydroxyl groups is 1. The van der Waals surface area contributed by atoms with Crippen LogP contribution in [0.15, 0.2) is 48.5 Å².